The van der Waals surface area contributed by atoms with Gasteiger partial charge in [0, 0.05) is 12.7 Å². The number of nitrogens with zero attached hydrogens (tertiary/aromatic N) is 1. The Balaban J connectivity index is 2.09. The highest BCUT2D eigenvalue weighted by Crippen LogP contribution is 2.27. The van der Waals surface area contributed by atoms with E-state index in [0.29, 0.717) is 11.5 Å². The number of rotatable bonds is 5. The molecule has 0 spiro atoms. The Kier molecular flexibility index (Phi) is 5.08. The van der Waals surface area contributed by atoms with Crippen molar-refractivity contribution in [3.8, 4) is 0 Å². The van der Waals surface area contributed by atoms with Crippen LogP contribution in [0.3, 0.4) is 0 Å². The third-order valence-corrected chi connectivity index (χ3v) is 3.65. The smallest absolute Gasteiger partial charge is 0.323 e. The van der Waals surface area contributed by atoms with E-state index in [2.05, 4.69) is 10.5 Å². The summed E-state index contributed by atoms with van der Waals surface area (Å²) >= 11 is 0. The summed E-state index contributed by atoms with van der Waals surface area (Å²) in [4.78, 5) is 12.3. The zero-order valence-electron chi connectivity index (χ0n) is 12.3. The van der Waals surface area contributed by atoms with Crippen molar-refractivity contribution < 1.29 is 19.2 Å². The van der Waals surface area contributed by atoms with Crippen LogP contribution in [-0.2, 0) is 9.53 Å². The average Bonchev–Trinajstić information content (AvgIpc) is 3.10. The lowest BCUT2D eigenvalue weighted by Gasteiger charge is -2.19. The van der Waals surface area contributed by atoms with Gasteiger partial charge in [0.1, 0.15) is 5.92 Å². The first-order chi connectivity index (χ1) is 10.0. The van der Waals surface area contributed by atoms with Crippen molar-refractivity contribution in [2.75, 3.05) is 13.2 Å². The molecule has 1 aromatic rings. The van der Waals surface area contributed by atoms with Crippen molar-refractivity contribution in [1.29, 1.82) is 5.41 Å². The molecule has 3 N–H and O–H groups in total. The Morgan fingerprint density at radius 1 is 1.71 bits per heavy atom. The number of hydrogen-bond acceptors (Lipinski definition) is 7. The SMILES string of the molecule is Cc1cc([C@@H](C(=O)OC(=N)C2CCCN2)C(C)CO)on1. The maximum atomic E-state index is 12.3. The summed E-state index contributed by atoms with van der Waals surface area (Å²) in [6.07, 6.45) is 1.75. The van der Waals surface area contributed by atoms with Crippen LogP contribution in [0.1, 0.15) is 37.1 Å². The van der Waals surface area contributed by atoms with Crippen LogP contribution in [0, 0.1) is 18.3 Å². The van der Waals surface area contributed by atoms with Crippen molar-refractivity contribution in [2.45, 2.75) is 38.6 Å². The molecule has 0 saturated carbocycles. The van der Waals surface area contributed by atoms with Gasteiger partial charge in [-0.1, -0.05) is 12.1 Å². The van der Waals surface area contributed by atoms with E-state index in [1.807, 2.05) is 0 Å². The van der Waals surface area contributed by atoms with Crippen LogP contribution < -0.4 is 5.32 Å². The number of nitrogens with one attached hydrogen (secondary N) is 2. The number of aromatic nitrogens is 1. The Hall–Kier alpha value is -1.73. The molecular formula is C14H21N3O4. The zero-order chi connectivity index (χ0) is 15.4. The number of hydrogen-bond donors (Lipinski definition) is 3. The molecule has 116 valence electrons. The van der Waals surface area contributed by atoms with E-state index < -0.39 is 11.9 Å². The van der Waals surface area contributed by atoms with Crippen molar-refractivity contribution in [3.05, 3.63) is 17.5 Å². The van der Waals surface area contributed by atoms with Crippen LogP contribution in [0.2, 0.25) is 0 Å². The second kappa shape index (κ2) is 6.82. The van der Waals surface area contributed by atoms with Gasteiger partial charge < -0.3 is 19.7 Å². The number of ether oxygens (including phenoxy) is 1. The number of aliphatic hydroxyl groups is 1. The molecule has 1 fully saturated rings. The first-order valence-corrected chi connectivity index (χ1v) is 7.10. The van der Waals surface area contributed by atoms with Gasteiger partial charge in [0.05, 0.1) is 11.7 Å². The average molecular weight is 295 g/mol. The maximum Gasteiger partial charge on any atom is 0.323 e. The normalized spacial score (nSPS) is 21.0. The Morgan fingerprint density at radius 2 is 2.48 bits per heavy atom. The Morgan fingerprint density at radius 3 is 3.00 bits per heavy atom. The van der Waals surface area contributed by atoms with E-state index in [1.54, 1.807) is 19.9 Å². The third-order valence-electron chi connectivity index (χ3n) is 3.65. The molecule has 3 atom stereocenters. The summed E-state index contributed by atoms with van der Waals surface area (Å²) in [7, 11) is 0. The van der Waals surface area contributed by atoms with Crippen LogP contribution >= 0.6 is 0 Å². The molecule has 1 aromatic heterocycles. The molecule has 0 radical (unpaired) electrons. The first kappa shape index (κ1) is 15.7. The fourth-order valence-corrected chi connectivity index (χ4v) is 2.42. The fraction of sp³-hybridized carbons (Fsp3) is 0.643. The molecule has 1 aliphatic heterocycles. The molecule has 2 heterocycles. The van der Waals surface area contributed by atoms with Crippen molar-refractivity contribution in [1.82, 2.24) is 10.5 Å². The summed E-state index contributed by atoms with van der Waals surface area (Å²) in [5.41, 5.74) is 0.653. The predicted octanol–water partition coefficient (Wildman–Crippen LogP) is 0.967. The number of aryl methyl sites for hydroxylation is 1. The zero-order valence-corrected chi connectivity index (χ0v) is 12.3. The van der Waals surface area contributed by atoms with Crippen molar-refractivity contribution in [2.24, 2.45) is 5.92 Å². The number of carbonyl (C=O) groups is 1. The van der Waals surface area contributed by atoms with Gasteiger partial charge in [-0.25, -0.2) is 0 Å². The van der Waals surface area contributed by atoms with Crippen LogP contribution in [0.25, 0.3) is 0 Å². The summed E-state index contributed by atoms with van der Waals surface area (Å²) in [6, 6.07) is 1.44. The Labute approximate surface area is 123 Å². The highest BCUT2D eigenvalue weighted by Gasteiger charge is 2.34. The lowest BCUT2D eigenvalue weighted by Crippen LogP contribution is -2.35. The summed E-state index contributed by atoms with van der Waals surface area (Å²) in [5, 5.41) is 24.1. The van der Waals surface area contributed by atoms with Crippen LogP contribution in [0.4, 0.5) is 0 Å². The number of carbonyl (C=O) groups excluding carboxylic acids is 1. The molecular weight excluding hydrogens is 274 g/mol. The highest BCUT2D eigenvalue weighted by atomic mass is 16.5. The van der Waals surface area contributed by atoms with Gasteiger partial charge in [0.2, 0.25) is 5.90 Å². The monoisotopic (exact) mass is 295 g/mol. The molecule has 7 nitrogen and oxygen atoms in total. The predicted molar refractivity (Wildman–Crippen MR) is 75.1 cm³/mol. The van der Waals surface area contributed by atoms with E-state index in [1.165, 1.54) is 0 Å². The van der Waals surface area contributed by atoms with Gasteiger partial charge in [0.15, 0.2) is 5.76 Å². The molecule has 21 heavy (non-hydrogen) atoms. The van der Waals surface area contributed by atoms with Crippen molar-refractivity contribution >= 4 is 11.9 Å². The van der Waals surface area contributed by atoms with Crippen molar-refractivity contribution in [3.63, 3.8) is 0 Å². The van der Waals surface area contributed by atoms with Gasteiger partial charge in [-0.15, -0.1) is 0 Å². The molecule has 2 rings (SSSR count). The van der Waals surface area contributed by atoms with Gasteiger partial charge >= 0.3 is 5.97 Å². The molecule has 0 amide bonds. The molecule has 7 heteroatoms. The number of aliphatic hydroxyl groups excluding tert-OH is 1. The number of esters is 1. The second-order valence-corrected chi connectivity index (χ2v) is 5.44. The third kappa shape index (κ3) is 3.68. The van der Waals surface area contributed by atoms with Gasteiger partial charge in [-0.3, -0.25) is 10.2 Å². The minimum Gasteiger partial charge on any atom is -0.410 e. The highest BCUT2D eigenvalue weighted by molar-refractivity contribution is 5.93. The molecule has 1 aliphatic rings. The van der Waals surface area contributed by atoms with E-state index in [4.69, 9.17) is 14.7 Å². The fourth-order valence-electron chi connectivity index (χ4n) is 2.42. The molecule has 1 saturated heterocycles. The van der Waals surface area contributed by atoms with E-state index in [9.17, 15) is 9.90 Å². The first-order valence-electron chi connectivity index (χ1n) is 7.10. The summed E-state index contributed by atoms with van der Waals surface area (Å²) in [6.45, 7) is 4.11. The van der Waals surface area contributed by atoms with Gasteiger partial charge in [-0.2, -0.15) is 0 Å². The van der Waals surface area contributed by atoms with Gasteiger partial charge in [-0.05, 0) is 32.2 Å². The van der Waals surface area contributed by atoms with E-state index >= 15 is 0 Å². The van der Waals surface area contributed by atoms with Gasteiger partial charge in [0.25, 0.3) is 0 Å². The van der Waals surface area contributed by atoms with Crippen LogP contribution in [0.5, 0.6) is 0 Å². The minimum absolute atomic E-state index is 0.0797. The standard InChI is InChI=1S/C14H21N3O4/c1-8(7-18)12(11-6-9(2)17-21-11)14(19)20-13(15)10-4-3-5-16-10/h6,8,10,12,15-16,18H,3-5,7H2,1-2H3/t8?,10?,12-/m0/s1. The molecule has 2 unspecified atom stereocenters. The largest absolute Gasteiger partial charge is 0.410 e. The lowest BCUT2D eigenvalue weighted by atomic mass is 9.92. The van der Waals surface area contributed by atoms with E-state index in [0.717, 1.165) is 19.4 Å². The van der Waals surface area contributed by atoms with Crippen LogP contribution in [-0.4, -0.2) is 41.3 Å². The summed E-state index contributed by atoms with van der Waals surface area (Å²) < 4.78 is 10.3. The summed E-state index contributed by atoms with van der Waals surface area (Å²) in [5.74, 6) is -1.46. The topological polar surface area (TPSA) is 108 Å². The quantitative estimate of drug-likeness (QED) is 0.424. The molecule has 0 bridgehead atoms. The second-order valence-electron chi connectivity index (χ2n) is 5.44. The minimum atomic E-state index is -0.766. The lowest BCUT2D eigenvalue weighted by molar-refractivity contribution is -0.139. The molecule has 0 aliphatic carbocycles. The maximum absolute atomic E-state index is 12.3. The van der Waals surface area contributed by atoms with Crippen LogP contribution in [0.15, 0.2) is 10.6 Å². The molecule has 0 aromatic carbocycles. The van der Waals surface area contributed by atoms with E-state index in [-0.39, 0.29) is 24.5 Å². The Bertz CT molecular complexity index is 508.